The quantitative estimate of drug-likeness (QED) is 0.296. The number of ether oxygens (including phenoxy) is 1. The van der Waals surface area contributed by atoms with E-state index in [9.17, 15) is 18.0 Å². The van der Waals surface area contributed by atoms with Gasteiger partial charge in [0.25, 0.3) is 6.43 Å². The number of morpholine rings is 1. The van der Waals surface area contributed by atoms with Crippen molar-refractivity contribution in [1.82, 2.24) is 34.7 Å². The molecule has 2 N–H and O–H groups in total. The number of imidazole rings is 1. The van der Waals surface area contributed by atoms with Crippen molar-refractivity contribution in [2.75, 3.05) is 43.6 Å². The molecule has 0 radical (unpaired) electrons. The number of hydrogen-bond donors (Lipinski definition) is 2. The monoisotopic (exact) mass is 609 g/mol. The van der Waals surface area contributed by atoms with E-state index in [1.807, 2.05) is 4.90 Å². The van der Waals surface area contributed by atoms with E-state index in [-0.39, 0.29) is 29.9 Å². The summed E-state index contributed by atoms with van der Waals surface area (Å²) in [4.78, 5) is 34.5. The third kappa shape index (κ3) is 6.54. The fourth-order valence-corrected chi connectivity index (χ4v) is 5.68. The van der Waals surface area contributed by atoms with Crippen molar-refractivity contribution in [3.05, 3.63) is 65.7 Å². The molecule has 0 bridgehead atoms. The number of nitrogens with one attached hydrogen (secondary N) is 2. The number of alkyl halides is 2. The van der Waals surface area contributed by atoms with Gasteiger partial charge in [0.1, 0.15) is 5.82 Å². The van der Waals surface area contributed by atoms with E-state index < -0.39 is 12.2 Å². The van der Waals surface area contributed by atoms with Gasteiger partial charge >= 0.3 is 6.03 Å². The second-order valence-corrected chi connectivity index (χ2v) is 11.0. The Morgan fingerprint density at radius 3 is 2.41 bits per heavy atom. The first-order valence-corrected chi connectivity index (χ1v) is 14.7. The molecule has 6 rings (SSSR count). The second-order valence-electron chi connectivity index (χ2n) is 11.0. The molecule has 3 heterocycles. The Hall–Kier alpha value is -4.46. The van der Waals surface area contributed by atoms with E-state index in [2.05, 4.69) is 30.6 Å². The van der Waals surface area contributed by atoms with Crippen LogP contribution in [-0.4, -0.2) is 80.9 Å². The lowest BCUT2D eigenvalue weighted by Crippen LogP contribution is -2.46. The molecular formula is C30H34F3N9O2. The van der Waals surface area contributed by atoms with E-state index >= 15 is 0 Å². The summed E-state index contributed by atoms with van der Waals surface area (Å²) in [5.41, 5.74) is 1.72. The SMILES string of the molecule is CN(C(=O)NCc1ccc(F)cc1)C1CCC(Nc2nc(N3CCOCC3)nc(-n3c(C(F)F)nc4ccccc43)n2)CC1. The highest BCUT2D eigenvalue weighted by Gasteiger charge is 2.29. The molecule has 0 unspecified atom stereocenters. The fourth-order valence-electron chi connectivity index (χ4n) is 5.68. The van der Waals surface area contributed by atoms with Crippen molar-refractivity contribution in [1.29, 1.82) is 0 Å². The van der Waals surface area contributed by atoms with Crippen LogP contribution in [0.25, 0.3) is 17.0 Å². The van der Waals surface area contributed by atoms with Crippen molar-refractivity contribution in [3.63, 3.8) is 0 Å². The molecule has 2 fully saturated rings. The molecule has 11 nitrogen and oxygen atoms in total. The maximum absolute atomic E-state index is 14.1. The van der Waals surface area contributed by atoms with Crippen molar-refractivity contribution < 1.29 is 22.7 Å². The van der Waals surface area contributed by atoms with Gasteiger partial charge in [-0.2, -0.15) is 15.0 Å². The van der Waals surface area contributed by atoms with Gasteiger partial charge in [-0.1, -0.05) is 24.3 Å². The van der Waals surface area contributed by atoms with Crippen LogP contribution in [0.2, 0.25) is 0 Å². The predicted molar refractivity (Wildman–Crippen MR) is 159 cm³/mol. The van der Waals surface area contributed by atoms with Crippen LogP contribution >= 0.6 is 0 Å². The molecule has 2 aliphatic rings. The topological polar surface area (TPSA) is 113 Å². The fraction of sp³-hybridized carbons (Fsp3) is 0.433. The zero-order valence-corrected chi connectivity index (χ0v) is 24.3. The first-order valence-electron chi connectivity index (χ1n) is 14.7. The number of urea groups is 1. The summed E-state index contributed by atoms with van der Waals surface area (Å²) in [5, 5.41) is 6.30. The number of hydrogen-bond acceptors (Lipinski definition) is 8. The van der Waals surface area contributed by atoms with Crippen molar-refractivity contribution >= 4 is 29.0 Å². The molecule has 0 atom stereocenters. The lowest BCUT2D eigenvalue weighted by atomic mass is 9.90. The summed E-state index contributed by atoms with van der Waals surface area (Å²) in [6.07, 6.45) is 0.194. The van der Waals surface area contributed by atoms with Crippen LogP contribution < -0.4 is 15.5 Å². The zero-order valence-electron chi connectivity index (χ0n) is 24.3. The minimum Gasteiger partial charge on any atom is -0.378 e. The highest BCUT2D eigenvalue weighted by molar-refractivity contribution is 5.77. The Morgan fingerprint density at radius 1 is 0.977 bits per heavy atom. The number of benzene rings is 2. The largest absolute Gasteiger partial charge is 0.378 e. The molecule has 0 spiro atoms. The molecule has 1 saturated heterocycles. The second kappa shape index (κ2) is 13.0. The summed E-state index contributed by atoms with van der Waals surface area (Å²) < 4.78 is 48.2. The van der Waals surface area contributed by atoms with E-state index in [4.69, 9.17) is 4.74 Å². The van der Waals surface area contributed by atoms with Gasteiger partial charge < -0.3 is 25.2 Å². The van der Waals surface area contributed by atoms with Crippen LogP contribution in [0.4, 0.5) is 29.9 Å². The molecule has 2 amide bonds. The maximum Gasteiger partial charge on any atom is 0.317 e. The van der Waals surface area contributed by atoms with Gasteiger partial charge in [-0.25, -0.2) is 22.9 Å². The molecule has 2 aromatic heterocycles. The van der Waals surface area contributed by atoms with Crippen LogP contribution in [0.3, 0.4) is 0 Å². The molecule has 4 aromatic rings. The molecule has 14 heteroatoms. The summed E-state index contributed by atoms with van der Waals surface area (Å²) in [6.45, 7) is 2.46. The molecule has 1 aliphatic carbocycles. The number of carbonyl (C=O) groups is 1. The molecule has 1 saturated carbocycles. The summed E-state index contributed by atoms with van der Waals surface area (Å²) in [5.74, 6) is -0.00783. The van der Waals surface area contributed by atoms with Gasteiger partial charge in [-0.15, -0.1) is 0 Å². The number of carbonyl (C=O) groups excluding carboxylic acids is 1. The average Bonchev–Trinajstić information content (AvgIpc) is 3.45. The van der Waals surface area contributed by atoms with E-state index in [1.54, 1.807) is 48.3 Å². The molecule has 1 aliphatic heterocycles. The third-order valence-electron chi connectivity index (χ3n) is 8.14. The molecule has 232 valence electrons. The van der Waals surface area contributed by atoms with Crippen LogP contribution in [0.5, 0.6) is 0 Å². The van der Waals surface area contributed by atoms with Gasteiger partial charge in [0, 0.05) is 38.8 Å². The average molecular weight is 610 g/mol. The molecular weight excluding hydrogens is 575 g/mol. The zero-order chi connectivity index (χ0) is 30.6. The standard InChI is InChI=1S/C30H34F3N9O2/c1-40(30(43)34-18-19-6-8-20(31)9-7-19)22-12-10-21(11-13-22)35-27-37-28(41-14-16-44-17-15-41)39-29(38-27)42-24-5-3-2-4-23(24)36-26(42)25(32)33/h2-9,21-22,25H,10-18H2,1H3,(H,34,43)(H,35,37,38,39). The van der Waals surface area contributed by atoms with Gasteiger partial charge in [-0.05, 0) is 55.5 Å². The van der Waals surface area contributed by atoms with Gasteiger partial charge in [0.15, 0.2) is 5.82 Å². The molecule has 2 aromatic carbocycles. The summed E-state index contributed by atoms with van der Waals surface area (Å²) >= 11 is 0. The summed E-state index contributed by atoms with van der Waals surface area (Å²) in [6, 6.07) is 12.8. The van der Waals surface area contributed by atoms with E-state index in [1.165, 1.54) is 16.7 Å². The lowest BCUT2D eigenvalue weighted by molar-refractivity contribution is 0.122. The number of anilines is 2. The number of amides is 2. The highest BCUT2D eigenvalue weighted by atomic mass is 19.3. The predicted octanol–water partition coefficient (Wildman–Crippen LogP) is 4.69. The lowest BCUT2D eigenvalue weighted by Gasteiger charge is -2.35. The maximum atomic E-state index is 14.1. The minimum atomic E-state index is -2.83. The highest BCUT2D eigenvalue weighted by Crippen LogP contribution is 2.29. The Morgan fingerprint density at radius 2 is 1.68 bits per heavy atom. The van der Waals surface area contributed by atoms with Gasteiger partial charge in [0.05, 0.1) is 24.2 Å². The van der Waals surface area contributed by atoms with Crippen molar-refractivity contribution in [3.8, 4) is 5.95 Å². The first-order chi connectivity index (χ1) is 21.4. The molecule has 44 heavy (non-hydrogen) atoms. The smallest absolute Gasteiger partial charge is 0.317 e. The number of para-hydroxylation sites is 2. The Bertz CT molecular complexity index is 1590. The number of halogens is 3. The van der Waals surface area contributed by atoms with Crippen LogP contribution in [0, 0.1) is 5.82 Å². The van der Waals surface area contributed by atoms with Gasteiger partial charge in [0.2, 0.25) is 17.8 Å². The Labute approximate surface area is 252 Å². The van der Waals surface area contributed by atoms with Crippen LogP contribution in [0.1, 0.15) is 43.5 Å². The first kappa shape index (κ1) is 29.6. The number of aromatic nitrogens is 5. The normalized spacial score (nSPS) is 18.9. The van der Waals surface area contributed by atoms with Crippen molar-refractivity contribution in [2.24, 2.45) is 0 Å². The Kier molecular flexibility index (Phi) is 8.77. The van der Waals surface area contributed by atoms with Crippen molar-refractivity contribution in [2.45, 2.75) is 50.7 Å². The van der Waals surface area contributed by atoms with E-state index in [0.717, 1.165) is 31.2 Å². The van der Waals surface area contributed by atoms with E-state index in [0.29, 0.717) is 55.8 Å². The Balaban J connectivity index is 1.17. The van der Waals surface area contributed by atoms with Crippen LogP contribution in [-0.2, 0) is 11.3 Å². The van der Waals surface area contributed by atoms with Gasteiger partial charge in [-0.3, -0.25) is 4.57 Å². The summed E-state index contributed by atoms with van der Waals surface area (Å²) in [7, 11) is 1.78. The third-order valence-corrected chi connectivity index (χ3v) is 8.14. The van der Waals surface area contributed by atoms with Crippen LogP contribution in [0.15, 0.2) is 48.5 Å². The number of fused-ring (bicyclic) bond motifs is 1. The number of nitrogens with zero attached hydrogens (tertiary/aromatic N) is 7. The number of rotatable bonds is 8. The minimum absolute atomic E-state index is 0.0174.